The van der Waals surface area contributed by atoms with E-state index >= 15 is 0 Å². The molecule has 0 fully saturated rings. The molecule has 3 aromatic carbocycles. The summed E-state index contributed by atoms with van der Waals surface area (Å²) in [6.07, 6.45) is 1.10. The average Bonchev–Trinajstić information content (AvgIpc) is 3.16. The molecular formula is C25H26N2O2. The Morgan fingerprint density at radius 1 is 1.00 bits per heavy atom. The van der Waals surface area contributed by atoms with E-state index in [2.05, 4.69) is 34.5 Å². The first-order chi connectivity index (χ1) is 14.2. The zero-order valence-corrected chi connectivity index (χ0v) is 16.7. The summed E-state index contributed by atoms with van der Waals surface area (Å²) in [4.78, 5) is 14.8. The Kier molecular flexibility index (Phi) is 5.80. The number of hydrogen-bond donors (Lipinski definition) is 1. The van der Waals surface area contributed by atoms with Crippen LogP contribution in [0.25, 0.3) is 0 Å². The molecule has 1 N–H and O–H groups in total. The maximum atomic E-state index is 12.4. The minimum Gasteiger partial charge on any atom is -0.491 e. The third kappa shape index (κ3) is 4.60. The maximum absolute atomic E-state index is 12.4. The highest BCUT2D eigenvalue weighted by Gasteiger charge is 2.18. The van der Waals surface area contributed by atoms with Crippen molar-refractivity contribution in [2.45, 2.75) is 19.9 Å². The van der Waals surface area contributed by atoms with Crippen molar-refractivity contribution in [2.75, 3.05) is 24.6 Å². The molecule has 4 rings (SSSR count). The van der Waals surface area contributed by atoms with Gasteiger partial charge in [0.05, 0.1) is 6.54 Å². The minimum atomic E-state index is -0.0727. The number of rotatable bonds is 7. The van der Waals surface area contributed by atoms with Crippen LogP contribution in [0, 0.1) is 6.92 Å². The van der Waals surface area contributed by atoms with E-state index in [1.54, 1.807) is 0 Å². The first-order valence-corrected chi connectivity index (χ1v) is 10.1. The molecule has 0 spiro atoms. The van der Waals surface area contributed by atoms with Gasteiger partial charge in [-0.25, -0.2) is 0 Å². The van der Waals surface area contributed by atoms with Gasteiger partial charge in [-0.15, -0.1) is 0 Å². The zero-order valence-electron chi connectivity index (χ0n) is 16.7. The number of nitrogens with one attached hydrogen (secondary N) is 1. The molecule has 0 atom stereocenters. The molecule has 0 unspecified atom stereocenters. The monoisotopic (exact) mass is 386 g/mol. The molecular weight excluding hydrogens is 360 g/mol. The van der Waals surface area contributed by atoms with Crippen LogP contribution < -0.4 is 15.0 Å². The fraction of sp³-hybridized carbons (Fsp3) is 0.240. The molecule has 148 valence electrons. The molecule has 4 heteroatoms. The summed E-state index contributed by atoms with van der Waals surface area (Å²) in [5, 5.41) is 2.92. The highest BCUT2D eigenvalue weighted by molar-refractivity contribution is 5.94. The highest BCUT2D eigenvalue weighted by Crippen LogP contribution is 2.28. The van der Waals surface area contributed by atoms with Crippen LogP contribution in [0.4, 0.5) is 5.69 Å². The number of anilines is 1. The first kappa shape index (κ1) is 19.1. The van der Waals surface area contributed by atoms with Gasteiger partial charge in [0.2, 0.25) is 0 Å². The lowest BCUT2D eigenvalue weighted by Crippen LogP contribution is -2.28. The normalized spacial score (nSPS) is 12.5. The van der Waals surface area contributed by atoms with Gasteiger partial charge in [0.1, 0.15) is 12.4 Å². The predicted octanol–water partition coefficient (Wildman–Crippen LogP) is 4.37. The third-order valence-electron chi connectivity index (χ3n) is 5.31. The van der Waals surface area contributed by atoms with Crippen LogP contribution in [0.15, 0.2) is 72.8 Å². The van der Waals surface area contributed by atoms with Crippen molar-refractivity contribution >= 4 is 11.6 Å². The van der Waals surface area contributed by atoms with Crippen molar-refractivity contribution in [1.29, 1.82) is 0 Å². The number of fused-ring (bicyclic) bond motifs is 1. The van der Waals surface area contributed by atoms with Gasteiger partial charge in [-0.2, -0.15) is 0 Å². The molecule has 1 aliphatic rings. The van der Waals surface area contributed by atoms with Crippen LogP contribution >= 0.6 is 0 Å². The van der Waals surface area contributed by atoms with Crippen molar-refractivity contribution in [3.63, 3.8) is 0 Å². The van der Waals surface area contributed by atoms with Crippen molar-refractivity contribution in [3.8, 4) is 5.75 Å². The molecule has 4 nitrogen and oxygen atoms in total. The number of ether oxygens (including phenoxy) is 1. The van der Waals surface area contributed by atoms with E-state index in [0.29, 0.717) is 18.7 Å². The Labute approximate surface area is 172 Å². The SMILES string of the molecule is Cc1ccccc1OCCNC(=O)c1ccc(CN2CCc3ccccc32)cc1. The summed E-state index contributed by atoms with van der Waals surface area (Å²) in [5.74, 6) is 0.783. The Hall–Kier alpha value is -3.27. The van der Waals surface area contributed by atoms with Gasteiger partial charge in [-0.05, 0) is 54.3 Å². The second-order valence-electron chi connectivity index (χ2n) is 7.37. The van der Waals surface area contributed by atoms with Gasteiger partial charge >= 0.3 is 0 Å². The van der Waals surface area contributed by atoms with Gasteiger partial charge in [0.25, 0.3) is 5.91 Å². The third-order valence-corrected chi connectivity index (χ3v) is 5.31. The first-order valence-electron chi connectivity index (χ1n) is 10.1. The van der Waals surface area contributed by atoms with E-state index in [-0.39, 0.29) is 5.91 Å². The van der Waals surface area contributed by atoms with E-state index < -0.39 is 0 Å². The number of carbonyl (C=O) groups excluding carboxylic acids is 1. The Morgan fingerprint density at radius 2 is 1.76 bits per heavy atom. The van der Waals surface area contributed by atoms with Crippen molar-refractivity contribution in [2.24, 2.45) is 0 Å². The van der Waals surface area contributed by atoms with Crippen molar-refractivity contribution < 1.29 is 9.53 Å². The molecule has 29 heavy (non-hydrogen) atoms. The van der Waals surface area contributed by atoms with Gasteiger partial charge in [-0.1, -0.05) is 48.5 Å². The van der Waals surface area contributed by atoms with E-state index in [1.807, 2.05) is 55.5 Å². The summed E-state index contributed by atoms with van der Waals surface area (Å²) in [6, 6.07) is 24.3. The number of para-hydroxylation sites is 2. The molecule has 1 aliphatic heterocycles. The molecule has 0 saturated carbocycles. The smallest absolute Gasteiger partial charge is 0.251 e. The molecule has 0 radical (unpaired) electrons. The lowest BCUT2D eigenvalue weighted by Gasteiger charge is -2.19. The van der Waals surface area contributed by atoms with Crippen molar-refractivity contribution in [3.05, 3.63) is 95.1 Å². The summed E-state index contributed by atoms with van der Waals surface area (Å²) in [5.41, 5.74) is 5.71. The molecule has 0 saturated heterocycles. The standard InChI is InChI=1S/C25H26N2O2/c1-19-6-2-5-9-24(19)29-17-15-26-25(28)22-12-10-20(11-13-22)18-27-16-14-21-7-3-4-8-23(21)27/h2-13H,14-18H2,1H3,(H,26,28). The number of aryl methyl sites for hydroxylation is 1. The zero-order chi connectivity index (χ0) is 20.1. The second kappa shape index (κ2) is 8.82. The summed E-state index contributed by atoms with van der Waals surface area (Å²) < 4.78 is 5.72. The predicted molar refractivity (Wildman–Crippen MR) is 117 cm³/mol. The van der Waals surface area contributed by atoms with Gasteiger partial charge in [0.15, 0.2) is 0 Å². The summed E-state index contributed by atoms with van der Waals surface area (Å²) in [6.45, 7) is 4.84. The van der Waals surface area contributed by atoms with Gasteiger partial charge in [0, 0.05) is 24.3 Å². The Bertz CT molecular complexity index is 982. The number of nitrogens with zero attached hydrogens (tertiary/aromatic N) is 1. The van der Waals surface area contributed by atoms with Gasteiger partial charge in [-0.3, -0.25) is 4.79 Å². The highest BCUT2D eigenvalue weighted by atomic mass is 16.5. The number of benzene rings is 3. The molecule has 0 aromatic heterocycles. The molecule has 1 heterocycles. The van der Waals surface area contributed by atoms with Crippen LogP contribution in [0.3, 0.4) is 0 Å². The van der Waals surface area contributed by atoms with E-state index in [1.165, 1.54) is 16.8 Å². The quantitative estimate of drug-likeness (QED) is 0.613. The summed E-state index contributed by atoms with van der Waals surface area (Å²) in [7, 11) is 0. The number of hydrogen-bond acceptors (Lipinski definition) is 3. The fourth-order valence-electron chi connectivity index (χ4n) is 3.70. The lowest BCUT2D eigenvalue weighted by molar-refractivity contribution is 0.0947. The van der Waals surface area contributed by atoms with Gasteiger partial charge < -0.3 is 15.0 Å². The molecule has 0 bridgehead atoms. The van der Waals surface area contributed by atoms with Crippen LogP contribution in [0.2, 0.25) is 0 Å². The van der Waals surface area contributed by atoms with Crippen LogP contribution in [-0.4, -0.2) is 25.6 Å². The molecule has 0 aliphatic carbocycles. The largest absolute Gasteiger partial charge is 0.491 e. The van der Waals surface area contributed by atoms with E-state index in [0.717, 1.165) is 30.8 Å². The van der Waals surface area contributed by atoms with Crippen LogP contribution in [0.5, 0.6) is 5.75 Å². The Morgan fingerprint density at radius 3 is 2.59 bits per heavy atom. The number of amides is 1. The topological polar surface area (TPSA) is 41.6 Å². The van der Waals surface area contributed by atoms with Crippen LogP contribution in [0.1, 0.15) is 27.0 Å². The van der Waals surface area contributed by atoms with E-state index in [4.69, 9.17) is 4.74 Å². The fourth-order valence-corrected chi connectivity index (χ4v) is 3.70. The second-order valence-corrected chi connectivity index (χ2v) is 7.37. The Balaban J connectivity index is 1.27. The molecule has 3 aromatic rings. The van der Waals surface area contributed by atoms with Crippen LogP contribution in [-0.2, 0) is 13.0 Å². The minimum absolute atomic E-state index is 0.0727. The van der Waals surface area contributed by atoms with E-state index in [9.17, 15) is 4.79 Å². The average molecular weight is 386 g/mol. The van der Waals surface area contributed by atoms with Crippen molar-refractivity contribution in [1.82, 2.24) is 5.32 Å². The lowest BCUT2D eigenvalue weighted by atomic mass is 10.1. The molecule has 1 amide bonds. The summed E-state index contributed by atoms with van der Waals surface area (Å²) >= 11 is 0. The maximum Gasteiger partial charge on any atom is 0.251 e. The number of carbonyl (C=O) groups is 1.